The zero-order chi connectivity index (χ0) is 20.6. The zero-order valence-electron chi connectivity index (χ0n) is 14.8. The molecule has 9 heteroatoms. The highest BCUT2D eigenvalue weighted by Gasteiger charge is 2.22. The summed E-state index contributed by atoms with van der Waals surface area (Å²) < 4.78 is 46.1. The summed E-state index contributed by atoms with van der Waals surface area (Å²) in [7, 11) is -3.78. The van der Waals surface area contributed by atoms with Crippen LogP contribution in [-0.4, -0.2) is 14.3 Å². The van der Waals surface area contributed by atoms with Gasteiger partial charge in [0.15, 0.2) is 5.75 Å². The van der Waals surface area contributed by atoms with Crippen molar-refractivity contribution in [3.63, 3.8) is 0 Å². The number of halogens is 2. The Balaban J connectivity index is 1.58. The van der Waals surface area contributed by atoms with Crippen LogP contribution >= 0.6 is 11.6 Å². The molecule has 29 heavy (non-hydrogen) atoms. The third kappa shape index (κ3) is 4.33. The highest BCUT2D eigenvalue weighted by atomic mass is 35.5. The summed E-state index contributed by atoms with van der Waals surface area (Å²) in [5, 5.41) is 3.13. The number of nitrogens with one attached hydrogen (secondary N) is 2. The van der Waals surface area contributed by atoms with Crippen molar-refractivity contribution in [3.05, 3.63) is 82.6 Å². The molecular weight excluding hydrogens is 419 g/mol. The molecule has 0 bridgehead atoms. The minimum atomic E-state index is -3.78. The Labute approximate surface area is 171 Å². The van der Waals surface area contributed by atoms with Crippen molar-refractivity contribution in [2.45, 2.75) is 5.75 Å². The summed E-state index contributed by atoms with van der Waals surface area (Å²) >= 11 is 5.96. The van der Waals surface area contributed by atoms with Crippen LogP contribution < -0.4 is 14.8 Å². The standard InChI is InChI=1S/C20H14ClFN2O4S/c21-13-3-7-19-17(9-13)23-20(25)16-10-15(6-8-18(16)28-19)24-29(26,27)11-12-1-4-14(22)5-2-12/h1-10,24H,11H2,(H,23,25). The Bertz CT molecular complexity index is 1210. The molecule has 1 aliphatic heterocycles. The monoisotopic (exact) mass is 432 g/mol. The molecule has 1 heterocycles. The van der Waals surface area contributed by atoms with Crippen molar-refractivity contribution >= 4 is 38.9 Å². The first kappa shape index (κ1) is 19.2. The van der Waals surface area contributed by atoms with Gasteiger partial charge in [0, 0.05) is 10.7 Å². The quantitative estimate of drug-likeness (QED) is 0.621. The topological polar surface area (TPSA) is 84.5 Å². The molecule has 1 aliphatic rings. The number of fused-ring (bicyclic) bond motifs is 2. The van der Waals surface area contributed by atoms with Gasteiger partial charge in [0.05, 0.1) is 17.0 Å². The summed E-state index contributed by atoms with van der Waals surface area (Å²) in [5.74, 6) is -0.535. The average Bonchev–Trinajstić information content (AvgIpc) is 2.79. The summed E-state index contributed by atoms with van der Waals surface area (Å²) in [4.78, 5) is 12.6. The van der Waals surface area contributed by atoms with Gasteiger partial charge in [0.25, 0.3) is 5.91 Å². The molecule has 0 spiro atoms. The number of hydrogen-bond donors (Lipinski definition) is 2. The van der Waals surface area contributed by atoms with Crippen molar-refractivity contribution in [2.24, 2.45) is 0 Å². The van der Waals surface area contributed by atoms with Crippen molar-refractivity contribution in [1.29, 1.82) is 0 Å². The van der Waals surface area contributed by atoms with E-state index in [9.17, 15) is 17.6 Å². The Morgan fingerprint density at radius 2 is 1.72 bits per heavy atom. The second kappa shape index (κ2) is 7.38. The molecule has 0 radical (unpaired) electrons. The minimum absolute atomic E-state index is 0.166. The van der Waals surface area contributed by atoms with Gasteiger partial charge in [0.2, 0.25) is 10.0 Å². The molecule has 3 aromatic rings. The maximum atomic E-state index is 13.0. The molecule has 0 unspecified atom stereocenters. The van der Waals surface area contributed by atoms with Crippen LogP contribution in [0.1, 0.15) is 15.9 Å². The highest BCUT2D eigenvalue weighted by Crippen LogP contribution is 2.38. The third-order valence-corrected chi connectivity index (χ3v) is 5.67. The van der Waals surface area contributed by atoms with E-state index < -0.39 is 21.7 Å². The van der Waals surface area contributed by atoms with Crippen LogP contribution in [0.15, 0.2) is 60.7 Å². The van der Waals surface area contributed by atoms with Crippen molar-refractivity contribution in [1.82, 2.24) is 0 Å². The predicted molar refractivity (Wildman–Crippen MR) is 109 cm³/mol. The first-order valence-electron chi connectivity index (χ1n) is 8.47. The molecule has 0 aliphatic carbocycles. The van der Waals surface area contributed by atoms with E-state index in [1.54, 1.807) is 18.2 Å². The van der Waals surface area contributed by atoms with Crippen LogP contribution in [0.4, 0.5) is 15.8 Å². The molecule has 0 atom stereocenters. The van der Waals surface area contributed by atoms with E-state index in [1.165, 1.54) is 42.5 Å². The second-order valence-corrected chi connectivity index (χ2v) is 8.55. The van der Waals surface area contributed by atoms with Crippen molar-refractivity contribution < 1.29 is 22.3 Å². The molecule has 0 saturated heterocycles. The van der Waals surface area contributed by atoms with Gasteiger partial charge in [-0.15, -0.1) is 0 Å². The lowest BCUT2D eigenvalue weighted by Gasteiger charge is -2.11. The Morgan fingerprint density at radius 1 is 1.00 bits per heavy atom. The van der Waals surface area contributed by atoms with Crippen molar-refractivity contribution in [2.75, 3.05) is 10.0 Å². The van der Waals surface area contributed by atoms with E-state index in [-0.39, 0.29) is 22.8 Å². The summed E-state index contributed by atoms with van der Waals surface area (Å²) in [6.45, 7) is 0. The lowest BCUT2D eigenvalue weighted by atomic mass is 10.1. The van der Waals surface area contributed by atoms with Gasteiger partial charge in [-0.05, 0) is 54.1 Å². The first-order chi connectivity index (χ1) is 13.8. The normalized spacial score (nSPS) is 12.8. The number of hydrogen-bond acceptors (Lipinski definition) is 4. The molecule has 6 nitrogen and oxygen atoms in total. The third-order valence-electron chi connectivity index (χ3n) is 4.18. The Kier molecular flexibility index (Phi) is 4.89. The number of carbonyl (C=O) groups is 1. The van der Waals surface area contributed by atoms with Crippen molar-refractivity contribution in [3.8, 4) is 11.5 Å². The van der Waals surface area contributed by atoms with Gasteiger partial charge in [-0.3, -0.25) is 9.52 Å². The summed E-state index contributed by atoms with van der Waals surface area (Å²) in [6.07, 6.45) is 0. The van der Waals surface area contributed by atoms with Crippen LogP contribution in [0, 0.1) is 5.82 Å². The molecule has 2 N–H and O–H groups in total. The van der Waals surface area contributed by atoms with Crippen LogP contribution in [0.3, 0.4) is 0 Å². The van der Waals surface area contributed by atoms with Gasteiger partial charge in [-0.2, -0.15) is 0 Å². The Hall–Kier alpha value is -3.10. The lowest BCUT2D eigenvalue weighted by Crippen LogP contribution is -2.16. The number of ether oxygens (including phenoxy) is 1. The van der Waals surface area contributed by atoms with E-state index >= 15 is 0 Å². The fraction of sp³-hybridized carbons (Fsp3) is 0.0500. The van der Waals surface area contributed by atoms with Gasteiger partial charge < -0.3 is 10.1 Å². The van der Waals surface area contributed by atoms with E-state index in [1.807, 2.05) is 0 Å². The van der Waals surface area contributed by atoms with Crippen LogP contribution in [0.2, 0.25) is 5.02 Å². The predicted octanol–water partition coefficient (Wildman–Crippen LogP) is 4.78. The average molecular weight is 433 g/mol. The molecule has 0 fully saturated rings. The zero-order valence-corrected chi connectivity index (χ0v) is 16.4. The van der Waals surface area contributed by atoms with Gasteiger partial charge in [0.1, 0.15) is 11.6 Å². The van der Waals surface area contributed by atoms with E-state index in [2.05, 4.69) is 10.0 Å². The molecule has 148 valence electrons. The fourth-order valence-corrected chi connectivity index (χ4v) is 4.23. The molecule has 3 aromatic carbocycles. The van der Waals surface area contributed by atoms with E-state index in [0.717, 1.165) is 0 Å². The van der Waals surface area contributed by atoms with Crippen LogP contribution in [0.25, 0.3) is 0 Å². The highest BCUT2D eigenvalue weighted by molar-refractivity contribution is 7.91. The molecule has 0 saturated carbocycles. The first-order valence-corrected chi connectivity index (χ1v) is 10.5. The molecule has 1 amide bonds. The number of carbonyl (C=O) groups excluding carboxylic acids is 1. The van der Waals surface area contributed by atoms with Crippen LogP contribution in [-0.2, 0) is 15.8 Å². The van der Waals surface area contributed by atoms with Gasteiger partial charge in [-0.25, -0.2) is 12.8 Å². The summed E-state index contributed by atoms with van der Waals surface area (Å²) in [6, 6.07) is 14.4. The number of amides is 1. The molecule has 4 rings (SSSR count). The fourth-order valence-electron chi connectivity index (χ4n) is 2.87. The number of sulfonamides is 1. The molecule has 0 aromatic heterocycles. The largest absolute Gasteiger partial charge is 0.454 e. The SMILES string of the molecule is O=C1Nc2cc(Cl)ccc2Oc2ccc(NS(=O)(=O)Cc3ccc(F)cc3)cc21. The van der Waals surface area contributed by atoms with Gasteiger partial charge in [-0.1, -0.05) is 23.7 Å². The smallest absolute Gasteiger partial charge is 0.259 e. The Morgan fingerprint density at radius 3 is 2.48 bits per heavy atom. The second-order valence-electron chi connectivity index (χ2n) is 6.40. The number of anilines is 2. The maximum Gasteiger partial charge on any atom is 0.259 e. The lowest BCUT2D eigenvalue weighted by molar-refractivity contribution is 0.102. The van der Waals surface area contributed by atoms with E-state index in [4.69, 9.17) is 16.3 Å². The number of benzene rings is 3. The van der Waals surface area contributed by atoms with E-state index in [0.29, 0.717) is 22.0 Å². The maximum absolute atomic E-state index is 13.0. The number of rotatable bonds is 4. The van der Waals surface area contributed by atoms with Crippen LogP contribution in [0.5, 0.6) is 11.5 Å². The van der Waals surface area contributed by atoms with Gasteiger partial charge >= 0.3 is 0 Å². The summed E-state index contributed by atoms with van der Waals surface area (Å²) in [5.41, 5.74) is 1.21. The molecular formula is C20H14ClFN2O4S. The minimum Gasteiger partial charge on any atom is -0.454 e.